The minimum absolute atomic E-state index is 0.0475. The van der Waals surface area contributed by atoms with Crippen LogP contribution in [0.2, 0.25) is 0 Å². The molecule has 18 heavy (non-hydrogen) atoms. The molecule has 1 aromatic carbocycles. The van der Waals surface area contributed by atoms with E-state index in [1.807, 2.05) is 6.07 Å². The minimum atomic E-state index is 0.0475. The van der Waals surface area contributed by atoms with E-state index in [9.17, 15) is 4.79 Å². The van der Waals surface area contributed by atoms with Crippen LogP contribution in [0.3, 0.4) is 0 Å². The molecule has 1 unspecified atom stereocenters. The van der Waals surface area contributed by atoms with Crippen LogP contribution < -0.4 is 11.1 Å². The molecule has 1 aromatic rings. The van der Waals surface area contributed by atoms with Crippen LogP contribution >= 0.6 is 0 Å². The molecular formula is C15H22N2O. The van der Waals surface area contributed by atoms with Crippen LogP contribution in [0.4, 0.5) is 0 Å². The Morgan fingerprint density at radius 1 is 1.44 bits per heavy atom. The van der Waals surface area contributed by atoms with E-state index in [1.165, 1.54) is 0 Å². The second-order valence-electron chi connectivity index (χ2n) is 5.02. The van der Waals surface area contributed by atoms with E-state index in [0.717, 1.165) is 55.3 Å². The van der Waals surface area contributed by atoms with Gasteiger partial charge in [0.25, 0.3) is 5.91 Å². The molecule has 3 nitrogen and oxygen atoms in total. The fourth-order valence-electron chi connectivity index (χ4n) is 2.42. The maximum atomic E-state index is 11.9. The standard InChI is InChI=1S/C15H22N2O/c1-2-3-6-14(16)12-8-7-11-5-4-9-17-15(18)13(11)10-12/h7-8,10,14H,2-6,9,16H2,1H3,(H,17,18). The number of carbonyl (C=O) groups excluding carboxylic acids is 1. The van der Waals surface area contributed by atoms with Gasteiger partial charge in [-0.15, -0.1) is 0 Å². The van der Waals surface area contributed by atoms with Gasteiger partial charge >= 0.3 is 0 Å². The molecule has 0 fully saturated rings. The highest BCUT2D eigenvalue weighted by atomic mass is 16.1. The number of carbonyl (C=O) groups is 1. The first-order valence-electron chi connectivity index (χ1n) is 6.89. The van der Waals surface area contributed by atoms with Crippen LogP contribution in [0.25, 0.3) is 0 Å². The van der Waals surface area contributed by atoms with Gasteiger partial charge in [-0.1, -0.05) is 31.9 Å². The quantitative estimate of drug-likeness (QED) is 0.857. The van der Waals surface area contributed by atoms with Gasteiger partial charge in [0.2, 0.25) is 0 Å². The molecule has 1 heterocycles. The lowest BCUT2D eigenvalue weighted by Crippen LogP contribution is -2.23. The first kappa shape index (κ1) is 13.1. The normalized spacial score (nSPS) is 16.7. The van der Waals surface area contributed by atoms with Crippen molar-refractivity contribution in [1.82, 2.24) is 5.32 Å². The summed E-state index contributed by atoms with van der Waals surface area (Å²) in [5.41, 5.74) is 9.22. The Hall–Kier alpha value is -1.35. The summed E-state index contributed by atoms with van der Waals surface area (Å²) < 4.78 is 0. The van der Waals surface area contributed by atoms with Crippen LogP contribution in [0.1, 0.15) is 60.1 Å². The maximum absolute atomic E-state index is 11.9. The van der Waals surface area contributed by atoms with Crippen molar-refractivity contribution in [2.75, 3.05) is 6.54 Å². The van der Waals surface area contributed by atoms with Crippen LogP contribution in [0.15, 0.2) is 18.2 Å². The summed E-state index contributed by atoms with van der Waals surface area (Å²) in [6.07, 6.45) is 5.25. The molecule has 0 spiro atoms. The number of nitrogens with one attached hydrogen (secondary N) is 1. The average molecular weight is 246 g/mol. The zero-order chi connectivity index (χ0) is 13.0. The maximum Gasteiger partial charge on any atom is 0.251 e. The van der Waals surface area contributed by atoms with Crippen LogP contribution in [0.5, 0.6) is 0 Å². The Morgan fingerprint density at radius 3 is 3.06 bits per heavy atom. The number of aryl methyl sites for hydroxylation is 1. The molecule has 3 N–H and O–H groups in total. The second kappa shape index (κ2) is 6.01. The van der Waals surface area contributed by atoms with E-state index in [2.05, 4.69) is 24.4 Å². The number of amides is 1. The number of hydrogen-bond acceptors (Lipinski definition) is 2. The highest BCUT2D eigenvalue weighted by molar-refractivity contribution is 5.96. The van der Waals surface area contributed by atoms with Gasteiger partial charge in [0.1, 0.15) is 0 Å². The van der Waals surface area contributed by atoms with Crippen molar-refractivity contribution in [2.45, 2.75) is 45.1 Å². The van der Waals surface area contributed by atoms with E-state index in [1.54, 1.807) is 0 Å². The Kier molecular flexibility index (Phi) is 4.37. The lowest BCUT2D eigenvalue weighted by atomic mass is 9.95. The molecule has 0 saturated carbocycles. The van der Waals surface area contributed by atoms with Gasteiger partial charge in [-0.25, -0.2) is 0 Å². The van der Waals surface area contributed by atoms with Crippen LogP contribution in [-0.4, -0.2) is 12.5 Å². The highest BCUT2D eigenvalue weighted by Crippen LogP contribution is 2.22. The zero-order valence-corrected chi connectivity index (χ0v) is 11.0. The van der Waals surface area contributed by atoms with E-state index in [-0.39, 0.29) is 11.9 Å². The van der Waals surface area contributed by atoms with Crippen molar-refractivity contribution in [3.05, 3.63) is 34.9 Å². The molecule has 0 radical (unpaired) electrons. The Bertz CT molecular complexity index is 429. The molecule has 0 saturated heterocycles. The van der Waals surface area contributed by atoms with Gasteiger partial charge in [0.15, 0.2) is 0 Å². The number of unbranched alkanes of at least 4 members (excludes halogenated alkanes) is 1. The van der Waals surface area contributed by atoms with Gasteiger partial charge in [0.05, 0.1) is 0 Å². The molecule has 98 valence electrons. The summed E-state index contributed by atoms with van der Waals surface area (Å²) in [6, 6.07) is 6.18. The predicted molar refractivity (Wildman–Crippen MR) is 73.5 cm³/mol. The zero-order valence-electron chi connectivity index (χ0n) is 11.0. The van der Waals surface area contributed by atoms with Crippen molar-refractivity contribution in [2.24, 2.45) is 5.73 Å². The largest absolute Gasteiger partial charge is 0.352 e. The summed E-state index contributed by atoms with van der Waals surface area (Å²) in [4.78, 5) is 11.9. The van der Waals surface area contributed by atoms with E-state index < -0.39 is 0 Å². The SMILES string of the molecule is CCCCC(N)c1ccc2c(c1)C(=O)NCCC2. The molecule has 3 heteroatoms. The number of rotatable bonds is 4. The molecule has 1 atom stereocenters. The number of nitrogens with two attached hydrogens (primary N) is 1. The van der Waals surface area contributed by atoms with Crippen molar-refractivity contribution >= 4 is 5.91 Å². The third-order valence-corrected chi connectivity index (χ3v) is 3.58. The highest BCUT2D eigenvalue weighted by Gasteiger charge is 2.16. The molecule has 0 bridgehead atoms. The topological polar surface area (TPSA) is 55.1 Å². The molecule has 0 aliphatic carbocycles. The van der Waals surface area contributed by atoms with Gasteiger partial charge in [-0.3, -0.25) is 4.79 Å². The average Bonchev–Trinajstić information content (AvgIpc) is 2.58. The van der Waals surface area contributed by atoms with Gasteiger partial charge in [-0.2, -0.15) is 0 Å². The van der Waals surface area contributed by atoms with Crippen LogP contribution in [0, 0.1) is 0 Å². The van der Waals surface area contributed by atoms with Crippen molar-refractivity contribution in [3.63, 3.8) is 0 Å². The number of hydrogen-bond donors (Lipinski definition) is 2. The summed E-state index contributed by atoms with van der Waals surface area (Å²) >= 11 is 0. The number of fused-ring (bicyclic) bond motifs is 1. The number of benzene rings is 1. The first-order chi connectivity index (χ1) is 8.72. The Labute approximate surface area is 109 Å². The lowest BCUT2D eigenvalue weighted by molar-refractivity contribution is 0.0956. The first-order valence-corrected chi connectivity index (χ1v) is 6.89. The van der Waals surface area contributed by atoms with Crippen molar-refractivity contribution in [3.8, 4) is 0 Å². The molecule has 1 aliphatic heterocycles. The second-order valence-corrected chi connectivity index (χ2v) is 5.02. The Balaban J connectivity index is 2.22. The lowest BCUT2D eigenvalue weighted by Gasteiger charge is -2.14. The van der Waals surface area contributed by atoms with Gasteiger partial charge < -0.3 is 11.1 Å². The molecule has 1 aliphatic rings. The molecule has 1 amide bonds. The van der Waals surface area contributed by atoms with Gasteiger partial charge in [0, 0.05) is 18.2 Å². The molecule has 0 aromatic heterocycles. The molecular weight excluding hydrogens is 224 g/mol. The van der Waals surface area contributed by atoms with Crippen molar-refractivity contribution < 1.29 is 4.79 Å². The van der Waals surface area contributed by atoms with Gasteiger partial charge in [-0.05, 0) is 36.5 Å². The fraction of sp³-hybridized carbons (Fsp3) is 0.533. The smallest absolute Gasteiger partial charge is 0.251 e. The monoisotopic (exact) mass is 246 g/mol. The summed E-state index contributed by atoms with van der Waals surface area (Å²) in [7, 11) is 0. The predicted octanol–water partition coefficient (Wildman–Crippen LogP) is 2.55. The van der Waals surface area contributed by atoms with E-state index >= 15 is 0 Å². The minimum Gasteiger partial charge on any atom is -0.352 e. The fourth-order valence-corrected chi connectivity index (χ4v) is 2.42. The van der Waals surface area contributed by atoms with E-state index in [4.69, 9.17) is 5.73 Å². The molecule has 2 rings (SSSR count). The third-order valence-electron chi connectivity index (χ3n) is 3.58. The third kappa shape index (κ3) is 2.91. The van der Waals surface area contributed by atoms with E-state index in [0.29, 0.717) is 0 Å². The Morgan fingerprint density at radius 2 is 2.28 bits per heavy atom. The van der Waals surface area contributed by atoms with Crippen molar-refractivity contribution in [1.29, 1.82) is 0 Å². The summed E-state index contributed by atoms with van der Waals surface area (Å²) in [5, 5.41) is 2.93. The summed E-state index contributed by atoms with van der Waals surface area (Å²) in [5.74, 6) is 0.0482. The van der Waals surface area contributed by atoms with Crippen LogP contribution in [-0.2, 0) is 6.42 Å². The summed E-state index contributed by atoms with van der Waals surface area (Å²) in [6.45, 7) is 2.93.